The van der Waals surface area contributed by atoms with Crippen molar-refractivity contribution in [2.45, 2.75) is 13.8 Å². The molecule has 8 nitrogen and oxygen atoms in total. The summed E-state index contributed by atoms with van der Waals surface area (Å²) in [4.78, 5) is 38.2. The van der Waals surface area contributed by atoms with E-state index in [0.717, 1.165) is 5.69 Å². The molecule has 0 aliphatic carbocycles. The van der Waals surface area contributed by atoms with Gasteiger partial charge in [-0.3, -0.25) is 14.4 Å². The lowest BCUT2D eigenvalue weighted by molar-refractivity contribution is -0.114. The number of hydrogen-bond donors (Lipinski definition) is 3. The number of amides is 3. The van der Waals surface area contributed by atoms with Crippen LogP contribution in [0.3, 0.4) is 0 Å². The summed E-state index contributed by atoms with van der Waals surface area (Å²) >= 11 is 0. The standard InChI is InChI=1S/C23H30N4O4/c1-4-27(5-2)23(30)18-8-12-20(13-9-18)26-21(28)16-25-19-10-6-17(7-11-19)22(29)24-14-15-31-3/h6-13,25H,4-5,14-16H2,1-3H3,(H,24,29)(H,26,28). The molecule has 0 aliphatic rings. The van der Waals surface area contributed by atoms with Crippen molar-refractivity contribution in [2.24, 2.45) is 0 Å². The normalized spacial score (nSPS) is 10.3. The summed E-state index contributed by atoms with van der Waals surface area (Å²) in [5, 5.41) is 8.56. The van der Waals surface area contributed by atoms with Gasteiger partial charge in [-0.15, -0.1) is 0 Å². The van der Waals surface area contributed by atoms with Crippen molar-refractivity contribution in [1.29, 1.82) is 0 Å². The molecule has 0 radical (unpaired) electrons. The predicted molar refractivity (Wildman–Crippen MR) is 121 cm³/mol. The topological polar surface area (TPSA) is 99.8 Å². The Morgan fingerprint density at radius 1 is 0.871 bits per heavy atom. The fourth-order valence-corrected chi connectivity index (χ4v) is 2.89. The first-order chi connectivity index (χ1) is 15.0. The molecule has 2 rings (SSSR count). The van der Waals surface area contributed by atoms with Gasteiger partial charge in [-0.05, 0) is 62.4 Å². The monoisotopic (exact) mass is 426 g/mol. The van der Waals surface area contributed by atoms with Crippen LogP contribution in [-0.2, 0) is 9.53 Å². The number of nitrogens with one attached hydrogen (secondary N) is 3. The van der Waals surface area contributed by atoms with Gasteiger partial charge in [0, 0.05) is 49.2 Å². The Balaban J connectivity index is 1.82. The molecular weight excluding hydrogens is 396 g/mol. The molecule has 8 heteroatoms. The number of ether oxygens (including phenoxy) is 1. The summed E-state index contributed by atoms with van der Waals surface area (Å²) < 4.78 is 4.90. The van der Waals surface area contributed by atoms with Gasteiger partial charge in [-0.1, -0.05) is 0 Å². The molecular formula is C23H30N4O4. The van der Waals surface area contributed by atoms with Gasteiger partial charge in [0.2, 0.25) is 5.91 Å². The van der Waals surface area contributed by atoms with Crippen molar-refractivity contribution < 1.29 is 19.1 Å². The fourth-order valence-electron chi connectivity index (χ4n) is 2.89. The van der Waals surface area contributed by atoms with Gasteiger partial charge in [-0.25, -0.2) is 0 Å². The van der Waals surface area contributed by atoms with Crippen LogP contribution in [0.15, 0.2) is 48.5 Å². The first-order valence-corrected chi connectivity index (χ1v) is 10.3. The number of carbonyl (C=O) groups excluding carboxylic acids is 3. The summed E-state index contributed by atoms with van der Waals surface area (Å²) in [6, 6.07) is 13.7. The van der Waals surface area contributed by atoms with Crippen LogP contribution in [0.2, 0.25) is 0 Å². The third-order valence-electron chi connectivity index (χ3n) is 4.66. The number of rotatable bonds is 11. The van der Waals surface area contributed by atoms with Crippen LogP contribution in [0.25, 0.3) is 0 Å². The number of anilines is 2. The van der Waals surface area contributed by atoms with Crippen molar-refractivity contribution in [3.63, 3.8) is 0 Å². The van der Waals surface area contributed by atoms with Crippen molar-refractivity contribution in [2.75, 3.05) is 50.5 Å². The third kappa shape index (κ3) is 7.42. The van der Waals surface area contributed by atoms with Gasteiger partial charge in [0.1, 0.15) is 0 Å². The lowest BCUT2D eigenvalue weighted by Gasteiger charge is -2.18. The van der Waals surface area contributed by atoms with Crippen LogP contribution in [0.1, 0.15) is 34.6 Å². The summed E-state index contributed by atoms with van der Waals surface area (Å²) in [5.74, 6) is -0.422. The van der Waals surface area contributed by atoms with Gasteiger partial charge in [0.25, 0.3) is 11.8 Å². The molecule has 0 spiro atoms. The number of methoxy groups -OCH3 is 1. The van der Waals surface area contributed by atoms with Crippen molar-refractivity contribution in [1.82, 2.24) is 10.2 Å². The van der Waals surface area contributed by atoms with Crippen molar-refractivity contribution in [3.05, 3.63) is 59.7 Å². The van der Waals surface area contributed by atoms with Gasteiger partial charge in [0.05, 0.1) is 13.2 Å². The summed E-state index contributed by atoms with van der Waals surface area (Å²) in [6.07, 6.45) is 0. The number of hydrogen-bond acceptors (Lipinski definition) is 5. The smallest absolute Gasteiger partial charge is 0.253 e. The predicted octanol–water partition coefficient (Wildman–Crippen LogP) is 2.60. The van der Waals surface area contributed by atoms with Crippen LogP contribution in [-0.4, -0.2) is 62.5 Å². The fraction of sp³-hybridized carbons (Fsp3) is 0.348. The first-order valence-electron chi connectivity index (χ1n) is 10.3. The zero-order chi connectivity index (χ0) is 22.6. The number of carbonyl (C=O) groups is 3. The Hall–Kier alpha value is -3.39. The quantitative estimate of drug-likeness (QED) is 0.480. The van der Waals surface area contributed by atoms with Crippen LogP contribution >= 0.6 is 0 Å². The number of benzene rings is 2. The molecule has 0 bridgehead atoms. The van der Waals surface area contributed by atoms with E-state index in [2.05, 4.69) is 16.0 Å². The molecule has 0 fully saturated rings. The van der Waals surface area contributed by atoms with E-state index in [9.17, 15) is 14.4 Å². The van der Waals surface area contributed by atoms with E-state index >= 15 is 0 Å². The lowest BCUT2D eigenvalue weighted by Crippen LogP contribution is -2.30. The van der Waals surface area contributed by atoms with E-state index in [1.165, 1.54) is 0 Å². The maximum absolute atomic E-state index is 12.3. The second-order valence-corrected chi connectivity index (χ2v) is 6.78. The Bertz CT molecular complexity index is 862. The van der Waals surface area contributed by atoms with Crippen molar-refractivity contribution >= 4 is 29.1 Å². The van der Waals surface area contributed by atoms with Gasteiger partial charge < -0.3 is 25.6 Å². The van der Waals surface area contributed by atoms with E-state index < -0.39 is 0 Å². The second-order valence-electron chi connectivity index (χ2n) is 6.78. The molecule has 31 heavy (non-hydrogen) atoms. The highest BCUT2D eigenvalue weighted by Crippen LogP contribution is 2.13. The Labute approximate surface area is 183 Å². The zero-order valence-electron chi connectivity index (χ0n) is 18.2. The van der Waals surface area contributed by atoms with Gasteiger partial charge in [0.15, 0.2) is 0 Å². The number of nitrogens with zero attached hydrogens (tertiary/aromatic N) is 1. The van der Waals surface area contributed by atoms with Gasteiger partial charge in [-0.2, -0.15) is 0 Å². The molecule has 0 aromatic heterocycles. The van der Waals surface area contributed by atoms with E-state index in [0.29, 0.717) is 43.1 Å². The Morgan fingerprint density at radius 2 is 1.45 bits per heavy atom. The minimum Gasteiger partial charge on any atom is -0.383 e. The molecule has 0 saturated heterocycles. The van der Waals surface area contributed by atoms with Crippen LogP contribution in [0.4, 0.5) is 11.4 Å². The van der Waals surface area contributed by atoms with Crippen LogP contribution < -0.4 is 16.0 Å². The van der Waals surface area contributed by atoms with E-state index in [1.54, 1.807) is 60.5 Å². The van der Waals surface area contributed by atoms with E-state index in [-0.39, 0.29) is 24.3 Å². The molecule has 0 saturated carbocycles. The van der Waals surface area contributed by atoms with Gasteiger partial charge >= 0.3 is 0 Å². The highest BCUT2D eigenvalue weighted by molar-refractivity contribution is 5.97. The lowest BCUT2D eigenvalue weighted by atomic mass is 10.1. The maximum atomic E-state index is 12.3. The Kier molecular flexibility index (Phi) is 9.51. The zero-order valence-corrected chi connectivity index (χ0v) is 18.2. The van der Waals surface area contributed by atoms with E-state index in [1.807, 2.05) is 13.8 Å². The Morgan fingerprint density at radius 3 is 2.03 bits per heavy atom. The average molecular weight is 427 g/mol. The van der Waals surface area contributed by atoms with Crippen molar-refractivity contribution in [3.8, 4) is 0 Å². The van der Waals surface area contributed by atoms with Crippen LogP contribution in [0, 0.1) is 0 Å². The molecule has 3 amide bonds. The van der Waals surface area contributed by atoms with Crippen LogP contribution in [0.5, 0.6) is 0 Å². The summed E-state index contributed by atoms with van der Waals surface area (Å²) in [6.45, 7) is 6.15. The molecule has 3 N–H and O–H groups in total. The highest BCUT2D eigenvalue weighted by Gasteiger charge is 2.12. The average Bonchev–Trinajstić information content (AvgIpc) is 2.79. The molecule has 2 aromatic rings. The second kappa shape index (κ2) is 12.3. The van der Waals surface area contributed by atoms with E-state index in [4.69, 9.17) is 4.74 Å². The first kappa shape index (κ1) is 23.9. The molecule has 0 heterocycles. The molecule has 0 unspecified atom stereocenters. The maximum Gasteiger partial charge on any atom is 0.253 e. The summed E-state index contributed by atoms with van der Waals surface area (Å²) in [7, 11) is 1.58. The molecule has 166 valence electrons. The SMILES string of the molecule is CCN(CC)C(=O)c1ccc(NC(=O)CNc2ccc(C(=O)NCCOC)cc2)cc1. The minimum absolute atomic E-state index is 0.0274. The molecule has 2 aromatic carbocycles. The minimum atomic E-state index is -0.218. The highest BCUT2D eigenvalue weighted by atomic mass is 16.5. The third-order valence-corrected chi connectivity index (χ3v) is 4.66. The molecule has 0 atom stereocenters. The largest absolute Gasteiger partial charge is 0.383 e. The molecule has 0 aliphatic heterocycles. The summed E-state index contributed by atoms with van der Waals surface area (Å²) in [5.41, 5.74) is 2.46.